The van der Waals surface area contributed by atoms with Gasteiger partial charge in [0.2, 0.25) is 11.8 Å². The average molecular weight is 574 g/mol. The molecule has 0 aliphatic carbocycles. The topological polar surface area (TPSA) is 117 Å². The molecule has 0 spiro atoms. The maximum atomic E-state index is 13.1. The van der Waals surface area contributed by atoms with Crippen LogP contribution >= 0.6 is 0 Å². The Kier molecular flexibility index (Phi) is 9.47. The van der Waals surface area contributed by atoms with Gasteiger partial charge in [0.05, 0.1) is 13.2 Å². The molecular weight excluding hydrogens is 550 g/mol. The number of carbonyl (C=O) groups is 2. The predicted octanol–water partition coefficient (Wildman–Crippen LogP) is 4.45. The molecule has 1 atom stereocenters. The van der Waals surface area contributed by atoms with E-state index in [1.165, 1.54) is 59.8 Å². The Hall–Kier alpha value is -4.98. The minimum Gasteiger partial charge on any atom is -0.457 e. The molecule has 0 radical (unpaired) electrons. The first-order valence-corrected chi connectivity index (χ1v) is 12.0. The zero-order chi connectivity index (χ0) is 29.2. The van der Waals surface area contributed by atoms with Crippen LogP contribution in [0.15, 0.2) is 85.5 Å². The van der Waals surface area contributed by atoms with Gasteiger partial charge in [-0.1, -0.05) is 18.2 Å². The molecule has 10 nitrogen and oxygen atoms in total. The van der Waals surface area contributed by atoms with Crippen LogP contribution in [0.5, 0.6) is 17.2 Å². The molecule has 4 aromatic rings. The Balaban J connectivity index is 1.40. The molecule has 41 heavy (non-hydrogen) atoms. The van der Waals surface area contributed by atoms with E-state index in [0.29, 0.717) is 17.2 Å². The van der Waals surface area contributed by atoms with Gasteiger partial charge in [-0.3, -0.25) is 9.59 Å². The number of hydrogen-bond acceptors (Lipinski definition) is 7. The van der Waals surface area contributed by atoms with Crippen molar-refractivity contribution in [1.82, 2.24) is 20.1 Å². The average Bonchev–Trinajstić information content (AvgIpc) is 3.43. The van der Waals surface area contributed by atoms with Gasteiger partial charge in [-0.15, -0.1) is 13.2 Å². The van der Waals surface area contributed by atoms with Crippen molar-refractivity contribution in [3.05, 3.63) is 96.8 Å². The van der Waals surface area contributed by atoms with Crippen LogP contribution in [0.25, 0.3) is 0 Å². The standard InChI is InChI=1S/C27H23F4N5O5/c28-19-5-9-21(10-6-19)40-22-11-7-20(8-12-22)34-26(38)23(35-25(37)13-36-17-32-16-33-36)15-39-14-18-3-1-2-4-24(18)41-27(29,30)31/h1-12,16-17,23H,13-15H2,(H,34,38)(H,35,37)/t23-/m0/s1. The number of hydrogen-bond donors (Lipinski definition) is 2. The Labute approximate surface area is 230 Å². The fourth-order valence-corrected chi connectivity index (χ4v) is 3.49. The third-order valence-corrected chi connectivity index (χ3v) is 5.34. The van der Waals surface area contributed by atoms with Gasteiger partial charge < -0.3 is 24.8 Å². The number of para-hydroxylation sites is 1. The number of halogens is 4. The van der Waals surface area contributed by atoms with Crippen LogP contribution in [0, 0.1) is 5.82 Å². The fraction of sp³-hybridized carbons (Fsp3) is 0.185. The quantitative estimate of drug-likeness (QED) is 0.241. The highest BCUT2D eigenvalue weighted by atomic mass is 19.4. The summed E-state index contributed by atoms with van der Waals surface area (Å²) in [5.74, 6) is -1.24. The van der Waals surface area contributed by atoms with Crippen molar-refractivity contribution >= 4 is 17.5 Å². The Morgan fingerprint density at radius 2 is 1.63 bits per heavy atom. The van der Waals surface area contributed by atoms with E-state index < -0.39 is 35.8 Å². The van der Waals surface area contributed by atoms with E-state index in [2.05, 4.69) is 25.5 Å². The zero-order valence-corrected chi connectivity index (χ0v) is 21.2. The summed E-state index contributed by atoms with van der Waals surface area (Å²) in [5, 5.41) is 9.02. The van der Waals surface area contributed by atoms with E-state index >= 15 is 0 Å². The summed E-state index contributed by atoms with van der Waals surface area (Å²) in [7, 11) is 0. The van der Waals surface area contributed by atoms with Crippen molar-refractivity contribution in [2.24, 2.45) is 0 Å². The third kappa shape index (κ3) is 9.32. The lowest BCUT2D eigenvalue weighted by atomic mass is 10.2. The van der Waals surface area contributed by atoms with E-state index in [4.69, 9.17) is 9.47 Å². The van der Waals surface area contributed by atoms with E-state index in [9.17, 15) is 27.2 Å². The lowest BCUT2D eigenvalue weighted by Crippen LogP contribution is -2.47. The molecule has 2 N–H and O–H groups in total. The smallest absolute Gasteiger partial charge is 0.457 e. The number of anilines is 1. The number of nitrogens with zero attached hydrogens (tertiary/aromatic N) is 3. The summed E-state index contributed by atoms with van der Waals surface area (Å²) in [4.78, 5) is 29.4. The molecule has 14 heteroatoms. The SMILES string of the molecule is O=C(Cn1cncn1)N[C@@H](COCc1ccccc1OC(F)(F)F)C(=O)Nc1ccc(Oc2ccc(F)cc2)cc1. The van der Waals surface area contributed by atoms with Gasteiger partial charge in [0.15, 0.2) is 0 Å². The molecule has 2 amide bonds. The van der Waals surface area contributed by atoms with Crippen LogP contribution in [-0.2, 0) is 27.5 Å². The van der Waals surface area contributed by atoms with Crippen molar-refractivity contribution in [1.29, 1.82) is 0 Å². The second kappa shape index (κ2) is 13.4. The van der Waals surface area contributed by atoms with Crippen molar-refractivity contribution in [2.75, 3.05) is 11.9 Å². The van der Waals surface area contributed by atoms with E-state index in [1.54, 1.807) is 24.3 Å². The second-order valence-electron chi connectivity index (χ2n) is 8.45. The summed E-state index contributed by atoms with van der Waals surface area (Å²) < 4.78 is 67.7. The first kappa shape index (κ1) is 29.0. The highest BCUT2D eigenvalue weighted by Gasteiger charge is 2.32. The molecule has 0 bridgehead atoms. The normalized spacial score (nSPS) is 11.9. The molecule has 0 saturated carbocycles. The molecule has 3 aromatic carbocycles. The van der Waals surface area contributed by atoms with Crippen LogP contribution in [0.4, 0.5) is 23.2 Å². The van der Waals surface area contributed by atoms with E-state index in [1.807, 2.05) is 0 Å². The second-order valence-corrected chi connectivity index (χ2v) is 8.45. The highest BCUT2D eigenvalue weighted by Crippen LogP contribution is 2.27. The van der Waals surface area contributed by atoms with Crippen LogP contribution in [-0.4, -0.2) is 45.6 Å². The minimum absolute atomic E-state index is 0.0923. The van der Waals surface area contributed by atoms with Gasteiger partial charge in [0.1, 0.15) is 48.3 Å². The minimum atomic E-state index is -4.90. The largest absolute Gasteiger partial charge is 0.573 e. The third-order valence-electron chi connectivity index (χ3n) is 5.34. The maximum absolute atomic E-state index is 13.1. The van der Waals surface area contributed by atoms with Crippen molar-refractivity contribution < 1.29 is 41.4 Å². The molecule has 0 saturated heterocycles. The molecule has 4 rings (SSSR count). The number of amides is 2. The van der Waals surface area contributed by atoms with E-state index in [0.717, 1.165) is 6.07 Å². The number of benzene rings is 3. The Morgan fingerprint density at radius 1 is 0.951 bits per heavy atom. The van der Waals surface area contributed by atoms with Crippen LogP contribution < -0.4 is 20.1 Å². The van der Waals surface area contributed by atoms with Crippen molar-refractivity contribution in [2.45, 2.75) is 25.6 Å². The summed E-state index contributed by atoms with van der Waals surface area (Å²) in [6, 6.07) is 15.9. The lowest BCUT2D eigenvalue weighted by Gasteiger charge is -2.19. The van der Waals surface area contributed by atoms with Gasteiger partial charge in [-0.05, 0) is 54.6 Å². The first-order valence-electron chi connectivity index (χ1n) is 12.0. The summed E-state index contributed by atoms with van der Waals surface area (Å²) in [6.45, 7) is -0.938. The first-order chi connectivity index (χ1) is 19.6. The zero-order valence-electron chi connectivity index (χ0n) is 21.2. The van der Waals surface area contributed by atoms with Crippen LogP contribution in [0.1, 0.15) is 5.56 Å². The molecule has 0 aliphatic rings. The molecule has 1 aromatic heterocycles. The number of carbonyl (C=O) groups excluding carboxylic acids is 2. The Bertz CT molecular complexity index is 1430. The number of rotatable bonds is 12. The van der Waals surface area contributed by atoms with Crippen LogP contribution in [0.2, 0.25) is 0 Å². The summed E-state index contributed by atoms with van der Waals surface area (Å²) >= 11 is 0. The van der Waals surface area contributed by atoms with Gasteiger partial charge in [0, 0.05) is 11.3 Å². The Morgan fingerprint density at radius 3 is 2.29 bits per heavy atom. The number of aromatic nitrogens is 3. The van der Waals surface area contributed by atoms with Gasteiger partial charge in [0.25, 0.3) is 0 Å². The number of ether oxygens (including phenoxy) is 3. The fourth-order valence-electron chi connectivity index (χ4n) is 3.49. The number of nitrogens with one attached hydrogen (secondary N) is 2. The van der Waals surface area contributed by atoms with Gasteiger partial charge in [-0.2, -0.15) is 5.10 Å². The summed E-state index contributed by atoms with van der Waals surface area (Å²) in [6.07, 6.45) is -2.34. The molecular formula is C27H23F4N5O5. The molecule has 0 fully saturated rings. The van der Waals surface area contributed by atoms with Crippen LogP contribution in [0.3, 0.4) is 0 Å². The van der Waals surface area contributed by atoms with Gasteiger partial charge >= 0.3 is 6.36 Å². The lowest BCUT2D eigenvalue weighted by molar-refractivity contribution is -0.275. The predicted molar refractivity (Wildman–Crippen MR) is 136 cm³/mol. The highest BCUT2D eigenvalue weighted by molar-refractivity contribution is 5.97. The monoisotopic (exact) mass is 573 g/mol. The summed E-state index contributed by atoms with van der Waals surface area (Å²) in [5.41, 5.74) is 0.454. The van der Waals surface area contributed by atoms with Gasteiger partial charge in [-0.25, -0.2) is 14.1 Å². The number of alkyl halides is 3. The molecule has 214 valence electrons. The maximum Gasteiger partial charge on any atom is 0.573 e. The molecule has 0 aliphatic heterocycles. The molecule has 0 unspecified atom stereocenters. The van der Waals surface area contributed by atoms with Crippen molar-refractivity contribution in [3.8, 4) is 17.2 Å². The van der Waals surface area contributed by atoms with E-state index in [-0.39, 0.29) is 25.3 Å². The van der Waals surface area contributed by atoms with Crippen molar-refractivity contribution in [3.63, 3.8) is 0 Å². The molecule has 1 heterocycles.